The standard InChI is InChI=1S/C25H28FN5O4/c1-13-20(24(32)30-16-5-7-17(8-6-16)31-25(33)34)22-23(29-13)21(27-12-28-22)18-10-15(26)4-9-19(18)35-11-14-2-3-14/h4,9-10,12,14,16-17,29,31H,2-3,5-8,11H2,1H3,(H,30,32)(H,33,34). The van der Waals surface area contributed by atoms with Gasteiger partial charge in [0, 0.05) is 23.3 Å². The lowest BCUT2D eigenvalue weighted by atomic mass is 9.91. The zero-order valence-electron chi connectivity index (χ0n) is 19.4. The quantitative estimate of drug-likeness (QED) is 0.401. The smallest absolute Gasteiger partial charge is 0.404 e. The van der Waals surface area contributed by atoms with Crippen LogP contribution >= 0.6 is 0 Å². The van der Waals surface area contributed by atoms with Gasteiger partial charge in [0.05, 0.1) is 17.7 Å². The third-order valence-electron chi connectivity index (χ3n) is 6.76. The van der Waals surface area contributed by atoms with Crippen molar-refractivity contribution in [3.63, 3.8) is 0 Å². The van der Waals surface area contributed by atoms with Gasteiger partial charge in [-0.1, -0.05) is 0 Å². The lowest BCUT2D eigenvalue weighted by molar-refractivity contribution is 0.0924. The van der Waals surface area contributed by atoms with Crippen LogP contribution in [0.4, 0.5) is 9.18 Å². The molecular formula is C25H28FN5O4. The highest BCUT2D eigenvalue weighted by atomic mass is 19.1. The van der Waals surface area contributed by atoms with Crippen LogP contribution in [0.2, 0.25) is 0 Å². The summed E-state index contributed by atoms with van der Waals surface area (Å²) in [5.41, 5.74) is 3.05. The van der Waals surface area contributed by atoms with Crippen LogP contribution in [0, 0.1) is 18.7 Å². The number of rotatable bonds is 7. The maximum atomic E-state index is 14.2. The molecule has 2 amide bonds. The molecule has 9 nitrogen and oxygen atoms in total. The molecule has 184 valence electrons. The number of carboxylic acid groups (broad SMARTS) is 1. The average Bonchev–Trinajstić information content (AvgIpc) is 3.58. The maximum Gasteiger partial charge on any atom is 0.404 e. The number of aromatic nitrogens is 3. The van der Waals surface area contributed by atoms with E-state index in [0.717, 1.165) is 12.8 Å². The van der Waals surface area contributed by atoms with Crippen molar-refractivity contribution in [2.24, 2.45) is 5.92 Å². The van der Waals surface area contributed by atoms with Crippen molar-refractivity contribution >= 4 is 23.0 Å². The fraction of sp³-hybridized carbons (Fsp3) is 0.440. The minimum Gasteiger partial charge on any atom is -0.493 e. The summed E-state index contributed by atoms with van der Waals surface area (Å²) in [6, 6.07) is 4.23. The van der Waals surface area contributed by atoms with Crippen LogP contribution < -0.4 is 15.4 Å². The molecule has 3 aromatic rings. The van der Waals surface area contributed by atoms with Gasteiger partial charge in [-0.2, -0.15) is 0 Å². The number of carbonyl (C=O) groups excluding carboxylic acids is 1. The summed E-state index contributed by atoms with van der Waals surface area (Å²) >= 11 is 0. The van der Waals surface area contributed by atoms with Gasteiger partial charge in [-0.25, -0.2) is 19.2 Å². The third kappa shape index (κ3) is 5.06. The van der Waals surface area contributed by atoms with Gasteiger partial charge in [0.2, 0.25) is 0 Å². The highest BCUT2D eigenvalue weighted by Crippen LogP contribution is 2.37. The van der Waals surface area contributed by atoms with Crippen LogP contribution in [0.1, 0.15) is 54.6 Å². The Balaban J connectivity index is 1.40. The monoisotopic (exact) mass is 481 g/mol. The number of aromatic amines is 1. The molecule has 10 heteroatoms. The molecule has 5 rings (SSSR count). The van der Waals surface area contributed by atoms with Crippen molar-refractivity contribution < 1.29 is 23.8 Å². The summed E-state index contributed by atoms with van der Waals surface area (Å²) in [5.74, 6) is 0.428. The number of nitrogens with zero attached hydrogens (tertiary/aromatic N) is 2. The Morgan fingerprint density at radius 2 is 1.83 bits per heavy atom. The molecule has 2 aromatic heterocycles. The lowest BCUT2D eigenvalue weighted by Gasteiger charge is -2.28. The first-order chi connectivity index (χ1) is 16.9. The van der Waals surface area contributed by atoms with Crippen molar-refractivity contribution in [2.75, 3.05) is 6.61 Å². The van der Waals surface area contributed by atoms with Crippen LogP contribution in [0.5, 0.6) is 5.75 Å². The summed E-state index contributed by atoms with van der Waals surface area (Å²) in [6.45, 7) is 2.37. The van der Waals surface area contributed by atoms with Crippen LogP contribution in [-0.2, 0) is 0 Å². The molecule has 35 heavy (non-hydrogen) atoms. The van der Waals surface area contributed by atoms with Gasteiger partial charge in [0.25, 0.3) is 5.91 Å². The van der Waals surface area contributed by atoms with Crippen LogP contribution in [-0.4, -0.2) is 50.7 Å². The number of benzene rings is 1. The van der Waals surface area contributed by atoms with Crippen molar-refractivity contribution in [1.29, 1.82) is 0 Å². The topological polar surface area (TPSA) is 129 Å². The highest BCUT2D eigenvalue weighted by Gasteiger charge is 2.27. The molecule has 0 saturated heterocycles. The summed E-state index contributed by atoms with van der Waals surface area (Å²) in [5, 5.41) is 14.5. The van der Waals surface area contributed by atoms with Gasteiger partial charge in [-0.05, 0) is 69.6 Å². The second-order valence-corrected chi connectivity index (χ2v) is 9.44. The molecule has 2 fully saturated rings. The largest absolute Gasteiger partial charge is 0.493 e. The molecule has 2 saturated carbocycles. The normalized spacial score (nSPS) is 19.9. The zero-order chi connectivity index (χ0) is 24.5. The van der Waals surface area contributed by atoms with E-state index in [0.29, 0.717) is 77.5 Å². The molecular weight excluding hydrogens is 453 g/mol. The van der Waals surface area contributed by atoms with Crippen molar-refractivity contribution in [3.8, 4) is 17.0 Å². The predicted octanol–water partition coefficient (Wildman–Crippen LogP) is 4.17. The average molecular weight is 482 g/mol. The highest BCUT2D eigenvalue weighted by molar-refractivity contribution is 6.09. The number of hydrogen-bond donors (Lipinski definition) is 4. The molecule has 4 N–H and O–H groups in total. The summed E-state index contributed by atoms with van der Waals surface area (Å²) in [7, 11) is 0. The Kier molecular flexibility index (Phi) is 6.27. The second kappa shape index (κ2) is 9.52. The van der Waals surface area contributed by atoms with Gasteiger partial charge in [0.1, 0.15) is 29.1 Å². The molecule has 0 bridgehead atoms. The lowest BCUT2D eigenvalue weighted by Crippen LogP contribution is -2.43. The number of carbonyl (C=O) groups is 2. The van der Waals surface area contributed by atoms with E-state index in [9.17, 15) is 14.0 Å². The Bertz CT molecular complexity index is 1260. The van der Waals surface area contributed by atoms with Gasteiger partial charge in [-0.3, -0.25) is 4.79 Å². The van der Waals surface area contributed by atoms with E-state index in [1.165, 1.54) is 18.5 Å². The predicted molar refractivity (Wildman–Crippen MR) is 127 cm³/mol. The molecule has 0 radical (unpaired) electrons. The number of amides is 2. The number of H-pyrrole nitrogens is 1. The van der Waals surface area contributed by atoms with Crippen molar-refractivity contribution in [3.05, 3.63) is 41.6 Å². The van der Waals surface area contributed by atoms with E-state index in [4.69, 9.17) is 9.84 Å². The zero-order valence-corrected chi connectivity index (χ0v) is 19.4. The van der Waals surface area contributed by atoms with E-state index in [-0.39, 0.29) is 18.0 Å². The van der Waals surface area contributed by atoms with Crippen LogP contribution in [0.15, 0.2) is 24.5 Å². The number of nitrogens with one attached hydrogen (secondary N) is 3. The number of aryl methyl sites for hydroxylation is 1. The summed E-state index contributed by atoms with van der Waals surface area (Å²) in [6.07, 6.45) is 5.33. The second-order valence-electron chi connectivity index (χ2n) is 9.44. The fourth-order valence-electron chi connectivity index (χ4n) is 4.72. The molecule has 0 aliphatic heterocycles. The van der Waals surface area contributed by atoms with Crippen LogP contribution in [0.3, 0.4) is 0 Å². The molecule has 0 spiro atoms. The third-order valence-corrected chi connectivity index (χ3v) is 6.76. The number of ether oxygens (including phenoxy) is 1. The molecule has 2 heterocycles. The molecule has 0 unspecified atom stereocenters. The van der Waals surface area contributed by atoms with E-state index >= 15 is 0 Å². The first kappa shape index (κ1) is 23.1. The number of hydrogen-bond acceptors (Lipinski definition) is 5. The van der Waals surface area contributed by atoms with E-state index < -0.39 is 11.9 Å². The molecule has 1 aromatic carbocycles. The SMILES string of the molecule is Cc1[nH]c2c(-c3cc(F)ccc3OCC3CC3)ncnc2c1C(=O)NC1CCC(NC(=O)O)CC1. The summed E-state index contributed by atoms with van der Waals surface area (Å²) in [4.78, 5) is 36.1. The Morgan fingerprint density at radius 1 is 1.11 bits per heavy atom. The number of halogens is 1. The first-order valence-electron chi connectivity index (χ1n) is 12.0. The minimum absolute atomic E-state index is 0.0503. The first-order valence-corrected chi connectivity index (χ1v) is 12.0. The maximum absolute atomic E-state index is 14.2. The van der Waals surface area contributed by atoms with Crippen LogP contribution in [0.25, 0.3) is 22.3 Å². The van der Waals surface area contributed by atoms with E-state index in [2.05, 4.69) is 25.6 Å². The Morgan fingerprint density at radius 3 is 2.51 bits per heavy atom. The van der Waals surface area contributed by atoms with E-state index in [1.807, 2.05) is 0 Å². The van der Waals surface area contributed by atoms with Gasteiger partial charge in [-0.15, -0.1) is 0 Å². The fourth-order valence-corrected chi connectivity index (χ4v) is 4.72. The van der Waals surface area contributed by atoms with E-state index in [1.54, 1.807) is 13.0 Å². The Hall–Kier alpha value is -3.69. The van der Waals surface area contributed by atoms with Gasteiger partial charge >= 0.3 is 6.09 Å². The number of fused-ring (bicyclic) bond motifs is 1. The molecule has 0 atom stereocenters. The van der Waals surface area contributed by atoms with Gasteiger partial charge < -0.3 is 25.5 Å². The molecule has 2 aliphatic carbocycles. The molecule has 2 aliphatic rings. The van der Waals surface area contributed by atoms with Gasteiger partial charge in [0.15, 0.2) is 0 Å². The minimum atomic E-state index is -1.03. The van der Waals surface area contributed by atoms with Crippen molar-refractivity contribution in [2.45, 2.75) is 57.5 Å². The Labute approximate surface area is 201 Å². The van der Waals surface area contributed by atoms with Crippen molar-refractivity contribution in [1.82, 2.24) is 25.6 Å². The summed E-state index contributed by atoms with van der Waals surface area (Å²) < 4.78 is 20.2.